The van der Waals surface area contributed by atoms with Crippen LogP contribution in [0.25, 0.3) is 0 Å². The van der Waals surface area contributed by atoms with Gasteiger partial charge in [0.05, 0.1) is 5.56 Å². The molecule has 27 heavy (non-hydrogen) atoms. The smallest absolute Gasteiger partial charge is 0.261 e. The molecule has 0 N–H and O–H groups in total. The van der Waals surface area contributed by atoms with E-state index in [9.17, 15) is 14.0 Å². The maximum Gasteiger partial charge on any atom is 0.261 e. The van der Waals surface area contributed by atoms with Crippen molar-refractivity contribution < 1.29 is 13.9 Å². The van der Waals surface area contributed by atoms with Crippen molar-refractivity contribution in [1.82, 2.24) is 4.57 Å². The topological polar surface area (TPSA) is 48.3 Å². The average Bonchev–Trinajstić information content (AvgIpc) is 2.68. The second kappa shape index (κ2) is 8.45. The van der Waals surface area contributed by atoms with Gasteiger partial charge in [0.2, 0.25) is 0 Å². The van der Waals surface area contributed by atoms with E-state index in [0.717, 1.165) is 5.56 Å². The molecule has 0 radical (unpaired) electrons. The zero-order chi connectivity index (χ0) is 19.2. The van der Waals surface area contributed by atoms with Crippen LogP contribution in [0.15, 0.2) is 71.7 Å². The van der Waals surface area contributed by atoms with E-state index in [2.05, 4.69) is 0 Å². The van der Waals surface area contributed by atoms with Gasteiger partial charge in [-0.05, 0) is 42.3 Å². The Morgan fingerprint density at radius 2 is 1.78 bits per heavy atom. The molecule has 0 saturated heterocycles. The highest BCUT2D eigenvalue weighted by atomic mass is 19.1. The van der Waals surface area contributed by atoms with Crippen LogP contribution in [0, 0.1) is 5.82 Å². The van der Waals surface area contributed by atoms with Crippen molar-refractivity contribution in [1.29, 1.82) is 0 Å². The minimum absolute atomic E-state index is 0.155. The number of ether oxygens (including phenoxy) is 1. The molecule has 5 heteroatoms. The van der Waals surface area contributed by atoms with E-state index in [1.165, 1.54) is 10.6 Å². The Labute approximate surface area is 156 Å². The lowest BCUT2D eigenvalue weighted by molar-refractivity contribution is 0.0981. The third-order valence-electron chi connectivity index (χ3n) is 4.34. The van der Waals surface area contributed by atoms with Gasteiger partial charge >= 0.3 is 0 Å². The summed E-state index contributed by atoms with van der Waals surface area (Å²) in [6.45, 7) is 0.155. The van der Waals surface area contributed by atoms with Gasteiger partial charge in [-0.15, -0.1) is 0 Å². The molecule has 3 rings (SSSR count). The number of benzene rings is 2. The number of halogens is 1. The number of carbonyl (C=O) groups is 1. The summed E-state index contributed by atoms with van der Waals surface area (Å²) >= 11 is 0. The summed E-state index contributed by atoms with van der Waals surface area (Å²) in [5, 5.41) is 0. The highest BCUT2D eigenvalue weighted by Crippen LogP contribution is 2.17. The molecule has 0 bridgehead atoms. The summed E-state index contributed by atoms with van der Waals surface area (Å²) in [4.78, 5) is 24.3. The quantitative estimate of drug-likeness (QED) is 0.596. The maximum atomic E-state index is 13.6. The van der Waals surface area contributed by atoms with Crippen LogP contribution in [-0.4, -0.2) is 10.4 Å². The van der Waals surface area contributed by atoms with Gasteiger partial charge in [0.25, 0.3) is 5.56 Å². The van der Waals surface area contributed by atoms with Gasteiger partial charge in [-0.2, -0.15) is 0 Å². The molecule has 0 amide bonds. The highest BCUT2D eigenvalue weighted by Gasteiger charge is 2.11. The molecule has 0 unspecified atom stereocenters. The second-order valence-corrected chi connectivity index (χ2v) is 6.29. The van der Waals surface area contributed by atoms with Crippen molar-refractivity contribution in [2.24, 2.45) is 7.05 Å². The number of rotatable bonds is 7. The number of pyridine rings is 1. The molecule has 4 nitrogen and oxygen atoms in total. The predicted molar refractivity (Wildman–Crippen MR) is 102 cm³/mol. The van der Waals surface area contributed by atoms with Gasteiger partial charge in [-0.1, -0.05) is 30.3 Å². The lowest BCUT2D eigenvalue weighted by atomic mass is 10.0. The minimum atomic E-state index is -0.292. The molecule has 0 aliphatic heterocycles. The van der Waals surface area contributed by atoms with Crippen molar-refractivity contribution in [3.8, 4) is 5.75 Å². The van der Waals surface area contributed by atoms with Gasteiger partial charge in [-0.3, -0.25) is 9.59 Å². The fourth-order valence-electron chi connectivity index (χ4n) is 2.73. The molecule has 1 heterocycles. The van der Waals surface area contributed by atoms with Gasteiger partial charge in [0.1, 0.15) is 18.2 Å². The van der Waals surface area contributed by atoms with E-state index in [4.69, 9.17) is 4.74 Å². The molecule has 0 atom stereocenters. The third-order valence-corrected chi connectivity index (χ3v) is 4.34. The Balaban J connectivity index is 1.56. The second-order valence-electron chi connectivity index (χ2n) is 6.29. The average molecular weight is 365 g/mol. The van der Waals surface area contributed by atoms with E-state index in [-0.39, 0.29) is 35.8 Å². The Morgan fingerprint density at radius 3 is 2.52 bits per heavy atom. The first-order chi connectivity index (χ1) is 13.0. The van der Waals surface area contributed by atoms with Crippen LogP contribution in [0.1, 0.15) is 27.9 Å². The SMILES string of the molecule is Cn1cccc(C(=O)CCc2ccc(OCc3ccccc3F)cc2)c1=O. The largest absolute Gasteiger partial charge is 0.489 e. The maximum absolute atomic E-state index is 13.6. The summed E-state index contributed by atoms with van der Waals surface area (Å²) in [6.07, 6.45) is 2.41. The summed E-state index contributed by atoms with van der Waals surface area (Å²) in [6, 6.07) is 17.1. The van der Waals surface area contributed by atoms with E-state index < -0.39 is 0 Å². The molecule has 0 spiro atoms. The zero-order valence-corrected chi connectivity index (χ0v) is 15.0. The first-order valence-electron chi connectivity index (χ1n) is 8.68. The fourth-order valence-corrected chi connectivity index (χ4v) is 2.73. The highest BCUT2D eigenvalue weighted by molar-refractivity contribution is 5.95. The number of Topliss-reactive ketones (excluding diaryl/α,β-unsaturated/α-hetero) is 1. The van der Waals surface area contributed by atoms with Crippen LogP contribution in [0.5, 0.6) is 5.75 Å². The van der Waals surface area contributed by atoms with Crippen LogP contribution < -0.4 is 10.3 Å². The van der Waals surface area contributed by atoms with Gasteiger partial charge in [0.15, 0.2) is 5.78 Å². The molecule has 0 aliphatic rings. The first-order valence-corrected chi connectivity index (χ1v) is 8.68. The number of ketones is 1. The lowest BCUT2D eigenvalue weighted by Crippen LogP contribution is -2.23. The van der Waals surface area contributed by atoms with Crippen LogP contribution in [0.4, 0.5) is 4.39 Å². The molecule has 0 aliphatic carbocycles. The lowest BCUT2D eigenvalue weighted by Gasteiger charge is -2.08. The Kier molecular flexibility index (Phi) is 5.81. The monoisotopic (exact) mass is 365 g/mol. The Bertz CT molecular complexity index is 993. The Morgan fingerprint density at radius 1 is 1.04 bits per heavy atom. The molecule has 0 saturated carbocycles. The van der Waals surface area contributed by atoms with Gasteiger partial charge < -0.3 is 9.30 Å². The zero-order valence-electron chi connectivity index (χ0n) is 15.0. The third kappa shape index (κ3) is 4.70. The van der Waals surface area contributed by atoms with E-state index in [1.807, 2.05) is 12.1 Å². The van der Waals surface area contributed by atoms with E-state index in [0.29, 0.717) is 17.7 Å². The fraction of sp³-hybridized carbons (Fsp3) is 0.182. The number of carbonyl (C=O) groups excluding carboxylic acids is 1. The van der Waals surface area contributed by atoms with E-state index >= 15 is 0 Å². The first kappa shape index (κ1) is 18.6. The summed E-state index contributed by atoms with van der Waals surface area (Å²) in [5.74, 6) is 0.168. The molecule has 0 fully saturated rings. The van der Waals surface area contributed by atoms with Crippen LogP contribution in [-0.2, 0) is 20.1 Å². The number of hydrogen-bond donors (Lipinski definition) is 0. The minimum Gasteiger partial charge on any atom is -0.489 e. The summed E-state index contributed by atoms with van der Waals surface area (Å²) < 4.78 is 20.6. The number of aryl methyl sites for hydroxylation is 2. The summed E-state index contributed by atoms with van der Waals surface area (Å²) in [5.41, 5.74) is 1.40. The molecule has 138 valence electrons. The predicted octanol–water partition coefficient (Wildman–Crippen LogP) is 3.92. The van der Waals surface area contributed by atoms with Crippen molar-refractivity contribution in [3.63, 3.8) is 0 Å². The standard InChI is InChI=1S/C22H20FNO3/c1-24-14-4-6-19(22(24)26)21(25)13-10-16-8-11-18(12-9-16)27-15-17-5-2-3-7-20(17)23/h2-9,11-12,14H,10,13,15H2,1H3. The molecule has 3 aromatic rings. The van der Waals surface area contributed by atoms with Crippen molar-refractivity contribution >= 4 is 5.78 Å². The number of nitrogens with zero attached hydrogens (tertiary/aromatic N) is 1. The van der Waals surface area contributed by atoms with Gasteiger partial charge in [0, 0.05) is 25.2 Å². The Hall–Kier alpha value is -3.21. The van der Waals surface area contributed by atoms with Crippen molar-refractivity contribution in [2.75, 3.05) is 0 Å². The van der Waals surface area contributed by atoms with Crippen molar-refractivity contribution in [2.45, 2.75) is 19.4 Å². The van der Waals surface area contributed by atoms with Crippen LogP contribution in [0.3, 0.4) is 0 Å². The van der Waals surface area contributed by atoms with Gasteiger partial charge in [-0.25, -0.2) is 4.39 Å². The van der Waals surface area contributed by atoms with Crippen LogP contribution >= 0.6 is 0 Å². The van der Waals surface area contributed by atoms with Crippen molar-refractivity contribution in [3.05, 3.63) is 99.7 Å². The normalized spacial score (nSPS) is 10.6. The number of aromatic nitrogens is 1. The summed E-state index contributed by atoms with van der Waals surface area (Å²) in [7, 11) is 1.62. The van der Waals surface area contributed by atoms with E-state index in [1.54, 1.807) is 55.7 Å². The molecular formula is C22H20FNO3. The molecule has 2 aromatic carbocycles. The molecule has 1 aromatic heterocycles. The number of hydrogen-bond acceptors (Lipinski definition) is 3. The van der Waals surface area contributed by atoms with Crippen LogP contribution in [0.2, 0.25) is 0 Å². The molecular weight excluding hydrogens is 345 g/mol.